The highest BCUT2D eigenvalue weighted by atomic mass is 35.5. The van der Waals surface area contributed by atoms with E-state index in [9.17, 15) is 9.90 Å². The number of carbonyl (C=O) groups is 1. The topological polar surface area (TPSA) is 122 Å². The summed E-state index contributed by atoms with van der Waals surface area (Å²) in [7, 11) is 0. The molecule has 1 saturated carbocycles. The summed E-state index contributed by atoms with van der Waals surface area (Å²) in [4.78, 5) is 29.0. The summed E-state index contributed by atoms with van der Waals surface area (Å²) < 4.78 is 1.95. The van der Waals surface area contributed by atoms with Crippen LogP contribution in [0.15, 0.2) is 48.5 Å². The molecule has 1 aliphatic heterocycles. The van der Waals surface area contributed by atoms with Gasteiger partial charge in [-0.05, 0) is 62.1 Å². The Kier molecular flexibility index (Phi) is 6.40. The zero-order valence-electron chi connectivity index (χ0n) is 21.5. The Morgan fingerprint density at radius 1 is 1.03 bits per heavy atom. The van der Waals surface area contributed by atoms with E-state index in [1.54, 1.807) is 0 Å². The lowest BCUT2D eigenvalue weighted by molar-refractivity contribution is -0.127. The van der Waals surface area contributed by atoms with Gasteiger partial charge in [-0.25, -0.2) is 4.98 Å². The average molecular weight is 566 g/mol. The Hall–Kier alpha value is -3.40. The van der Waals surface area contributed by atoms with Gasteiger partial charge in [-0.2, -0.15) is 9.97 Å². The first-order valence-electron chi connectivity index (χ1n) is 13.0. The number of hydrogen-bond acceptors (Lipinski definition) is 7. The molecule has 11 heteroatoms. The number of halogens is 2. The molecule has 1 saturated heterocycles. The van der Waals surface area contributed by atoms with Crippen LogP contribution in [0.3, 0.4) is 0 Å². The van der Waals surface area contributed by atoms with Crippen LogP contribution in [0, 0.1) is 5.41 Å². The third-order valence-corrected chi connectivity index (χ3v) is 8.43. The molecular formula is C28H29Cl2N7O2. The standard InChI is InChI=1S/C28H29Cl2N7O2/c1-27(25(31)38)12-14-36(15-13-27)23-21-24(35-26(34-23)32-16-28(39)10-11-28)37(18-8-6-17(29)7-9-18)22(33-21)19-4-2-3-5-20(19)30/h2-9,39H,10-16H2,1H3,(H2,31,38)(H,32,34,35). The average Bonchev–Trinajstić information content (AvgIpc) is 3.54. The molecule has 2 fully saturated rings. The minimum absolute atomic E-state index is 0.289. The van der Waals surface area contributed by atoms with Crippen LogP contribution in [0.25, 0.3) is 28.2 Å². The van der Waals surface area contributed by atoms with Crippen molar-refractivity contribution in [2.45, 2.75) is 38.2 Å². The number of nitrogens with zero attached hydrogens (tertiary/aromatic N) is 5. The van der Waals surface area contributed by atoms with E-state index >= 15 is 0 Å². The Balaban J connectivity index is 1.54. The van der Waals surface area contributed by atoms with Crippen LogP contribution in [0.4, 0.5) is 11.8 Å². The Morgan fingerprint density at radius 3 is 2.36 bits per heavy atom. The van der Waals surface area contributed by atoms with E-state index in [1.165, 1.54) is 0 Å². The minimum atomic E-state index is -0.730. The molecular weight excluding hydrogens is 537 g/mol. The second kappa shape index (κ2) is 9.66. The number of nitrogens with one attached hydrogen (secondary N) is 1. The number of anilines is 2. The van der Waals surface area contributed by atoms with E-state index in [0.717, 1.165) is 24.1 Å². The molecule has 0 radical (unpaired) electrons. The molecule has 1 aliphatic carbocycles. The van der Waals surface area contributed by atoms with Gasteiger partial charge in [0.2, 0.25) is 11.9 Å². The van der Waals surface area contributed by atoms with Crippen molar-refractivity contribution < 1.29 is 9.90 Å². The highest BCUT2D eigenvalue weighted by Gasteiger charge is 2.40. The number of imidazole rings is 1. The van der Waals surface area contributed by atoms with E-state index in [0.29, 0.717) is 71.3 Å². The van der Waals surface area contributed by atoms with E-state index < -0.39 is 11.0 Å². The predicted molar refractivity (Wildman–Crippen MR) is 154 cm³/mol. The number of benzene rings is 2. The van der Waals surface area contributed by atoms with Crippen molar-refractivity contribution in [3.05, 3.63) is 58.6 Å². The monoisotopic (exact) mass is 565 g/mol. The number of piperidine rings is 1. The largest absolute Gasteiger partial charge is 0.388 e. The summed E-state index contributed by atoms with van der Waals surface area (Å²) in [5, 5.41) is 14.9. The van der Waals surface area contributed by atoms with Gasteiger partial charge in [0.15, 0.2) is 17.0 Å². The molecule has 1 amide bonds. The Morgan fingerprint density at radius 2 is 1.72 bits per heavy atom. The van der Waals surface area contributed by atoms with Gasteiger partial charge in [0.1, 0.15) is 5.82 Å². The number of hydrogen-bond donors (Lipinski definition) is 3. The van der Waals surface area contributed by atoms with Crippen LogP contribution in [0.5, 0.6) is 0 Å². The van der Waals surface area contributed by atoms with Gasteiger partial charge in [0.25, 0.3) is 0 Å². The summed E-state index contributed by atoms with van der Waals surface area (Å²) in [5.74, 6) is 1.37. The maximum atomic E-state index is 12.1. The first-order chi connectivity index (χ1) is 18.7. The van der Waals surface area contributed by atoms with Crippen LogP contribution in [-0.2, 0) is 4.79 Å². The lowest BCUT2D eigenvalue weighted by Crippen LogP contribution is -2.45. The second-order valence-corrected chi connectivity index (χ2v) is 11.6. The van der Waals surface area contributed by atoms with Crippen molar-refractivity contribution in [3.8, 4) is 17.1 Å². The highest BCUT2D eigenvalue weighted by Crippen LogP contribution is 2.39. The quantitative estimate of drug-likeness (QED) is 0.293. The van der Waals surface area contributed by atoms with E-state index in [2.05, 4.69) is 10.2 Å². The van der Waals surface area contributed by atoms with Gasteiger partial charge in [-0.15, -0.1) is 0 Å². The van der Waals surface area contributed by atoms with Crippen LogP contribution >= 0.6 is 23.2 Å². The van der Waals surface area contributed by atoms with Gasteiger partial charge in [0.05, 0.1) is 10.6 Å². The molecule has 202 valence electrons. The molecule has 3 heterocycles. The van der Waals surface area contributed by atoms with Crippen LogP contribution in [0.2, 0.25) is 10.0 Å². The molecule has 2 aromatic carbocycles. The van der Waals surface area contributed by atoms with E-state index in [-0.39, 0.29) is 5.91 Å². The van der Waals surface area contributed by atoms with Crippen molar-refractivity contribution in [3.63, 3.8) is 0 Å². The fraction of sp³-hybridized carbons (Fsp3) is 0.357. The number of carbonyl (C=O) groups excluding carboxylic acids is 1. The molecule has 0 unspecified atom stereocenters. The third kappa shape index (κ3) is 4.90. The number of primary amides is 1. The SMILES string of the molecule is CC1(C(N)=O)CCN(c2nc(NCC3(O)CC3)nc3c2nc(-c2ccccc2Cl)n3-c2ccc(Cl)cc2)CC1. The molecule has 0 spiro atoms. The van der Waals surface area contributed by atoms with Crippen LogP contribution in [-0.4, -0.2) is 55.8 Å². The molecule has 4 N–H and O–H groups in total. The zero-order valence-corrected chi connectivity index (χ0v) is 23.0. The molecule has 2 aliphatic rings. The summed E-state index contributed by atoms with van der Waals surface area (Å²) in [6, 6.07) is 15.0. The number of aliphatic hydroxyl groups is 1. The Labute approximate surface area is 236 Å². The summed E-state index contributed by atoms with van der Waals surface area (Å²) in [5.41, 5.74) is 7.17. The van der Waals surface area contributed by atoms with E-state index in [4.69, 9.17) is 43.9 Å². The summed E-state index contributed by atoms with van der Waals surface area (Å²) >= 11 is 12.9. The molecule has 39 heavy (non-hydrogen) atoms. The first-order valence-corrected chi connectivity index (χ1v) is 13.7. The van der Waals surface area contributed by atoms with Crippen LogP contribution in [0.1, 0.15) is 32.6 Å². The van der Waals surface area contributed by atoms with Crippen molar-refractivity contribution in [2.24, 2.45) is 11.1 Å². The predicted octanol–water partition coefficient (Wildman–Crippen LogP) is 4.82. The van der Waals surface area contributed by atoms with Crippen molar-refractivity contribution in [2.75, 3.05) is 29.9 Å². The number of fused-ring (bicyclic) bond motifs is 1. The maximum absolute atomic E-state index is 12.1. The fourth-order valence-electron chi connectivity index (χ4n) is 4.92. The van der Waals surface area contributed by atoms with Crippen LogP contribution < -0.4 is 16.0 Å². The molecule has 6 rings (SSSR count). The number of nitrogens with two attached hydrogens (primary N) is 1. The van der Waals surface area contributed by atoms with Crippen molar-refractivity contribution in [1.82, 2.24) is 19.5 Å². The molecule has 0 bridgehead atoms. The van der Waals surface area contributed by atoms with Gasteiger partial charge in [0, 0.05) is 41.3 Å². The molecule has 4 aromatic rings. The van der Waals surface area contributed by atoms with Gasteiger partial charge < -0.3 is 21.1 Å². The Bertz CT molecular complexity index is 1560. The second-order valence-electron chi connectivity index (χ2n) is 10.8. The molecule has 9 nitrogen and oxygen atoms in total. The normalized spacial score (nSPS) is 17.8. The maximum Gasteiger partial charge on any atom is 0.226 e. The minimum Gasteiger partial charge on any atom is -0.388 e. The number of rotatable bonds is 7. The van der Waals surface area contributed by atoms with Crippen molar-refractivity contribution in [1.29, 1.82) is 0 Å². The lowest BCUT2D eigenvalue weighted by atomic mass is 9.80. The number of aromatic nitrogens is 4. The van der Waals surface area contributed by atoms with E-state index in [1.807, 2.05) is 60.0 Å². The summed E-state index contributed by atoms with van der Waals surface area (Å²) in [6.45, 7) is 3.44. The van der Waals surface area contributed by atoms with Crippen molar-refractivity contribution >= 4 is 52.0 Å². The number of amides is 1. The molecule has 2 aromatic heterocycles. The zero-order chi connectivity index (χ0) is 27.4. The lowest BCUT2D eigenvalue weighted by Gasteiger charge is -2.37. The molecule has 0 atom stereocenters. The highest BCUT2D eigenvalue weighted by molar-refractivity contribution is 6.33. The fourth-order valence-corrected chi connectivity index (χ4v) is 5.27. The summed E-state index contributed by atoms with van der Waals surface area (Å²) in [6.07, 6.45) is 2.69. The van der Waals surface area contributed by atoms with Gasteiger partial charge in [-0.3, -0.25) is 9.36 Å². The first kappa shape index (κ1) is 25.9. The van der Waals surface area contributed by atoms with Gasteiger partial charge in [-0.1, -0.05) is 42.3 Å². The third-order valence-electron chi connectivity index (χ3n) is 7.85. The van der Waals surface area contributed by atoms with Gasteiger partial charge >= 0.3 is 0 Å². The smallest absolute Gasteiger partial charge is 0.226 e.